The number of anilines is 1. The van der Waals surface area contributed by atoms with Crippen molar-refractivity contribution in [2.24, 2.45) is 7.05 Å². The molecule has 0 bridgehead atoms. The Kier molecular flexibility index (Phi) is 6.45. The van der Waals surface area contributed by atoms with Crippen molar-refractivity contribution in [2.45, 2.75) is 19.5 Å². The number of rotatable bonds is 8. The molecule has 1 N–H and O–H groups in total. The first kappa shape index (κ1) is 19.3. The van der Waals surface area contributed by atoms with Crippen LogP contribution in [0.3, 0.4) is 0 Å². The number of hydrogen-bond acceptors (Lipinski definition) is 5. The molecule has 0 saturated carbocycles. The Hall–Kier alpha value is -2.05. The van der Waals surface area contributed by atoms with Crippen molar-refractivity contribution < 1.29 is 4.74 Å². The van der Waals surface area contributed by atoms with Crippen molar-refractivity contribution in [1.29, 1.82) is 0 Å². The predicted molar refractivity (Wildman–Crippen MR) is 103 cm³/mol. The lowest BCUT2D eigenvalue weighted by Gasteiger charge is -2.27. The molecule has 1 unspecified atom stereocenters. The summed E-state index contributed by atoms with van der Waals surface area (Å²) in [6, 6.07) is 8.44. The number of aromatic nitrogens is 2. The maximum absolute atomic E-state index is 5.54. The molecule has 0 aliphatic heterocycles. The van der Waals surface area contributed by atoms with Gasteiger partial charge in [-0.3, -0.25) is 4.68 Å². The third-order valence-corrected chi connectivity index (χ3v) is 4.50. The summed E-state index contributed by atoms with van der Waals surface area (Å²) >= 11 is 0. The third-order valence-electron chi connectivity index (χ3n) is 4.50. The lowest BCUT2D eigenvalue weighted by Crippen LogP contribution is -2.31. The molecule has 2 aromatic rings. The van der Waals surface area contributed by atoms with Crippen LogP contribution in [0.4, 0.5) is 5.82 Å². The lowest BCUT2D eigenvalue weighted by atomic mass is 10.0. The van der Waals surface area contributed by atoms with E-state index in [1.54, 1.807) is 7.11 Å². The van der Waals surface area contributed by atoms with Gasteiger partial charge in [0.25, 0.3) is 0 Å². The summed E-state index contributed by atoms with van der Waals surface area (Å²) in [6.45, 7) is 3.68. The number of nitrogens with one attached hydrogen (secondary N) is 1. The fraction of sp³-hybridized carbons (Fsp3) is 0.526. The van der Waals surface area contributed by atoms with Crippen LogP contribution in [0.1, 0.15) is 22.9 Å². The summed E-state index contributed by atoms with van der Waals surface area (Å²) in [5.41, 5.74) is 3.50. The van der Waals surface area contributed by atoms with Crippen LogP contribution in [0, 0.1) is 6.92 Å². The Morgan fingerprint density at radius 3 is 2.48 bits per heavy atom. The molecule has 1 heterocycles. The Morgan fingerprint density at radius 2 is 1.88 bits per heavy atom. The standard InChI is InChI=1S/C19H31N5O/c1-14-16(19(23(4)5)24(6)21-14)12-20-13-17(22(2)3)15-10-8-9-11-18(15)25-7/h8-11,17,20H,12-13H2,1-7H3. The van der Waals surface area contributed by atoms with Crippen molar-refractivity contribution in [2.75, 3.05) is 46.7 Å². The number of ether oxygens (including phenoxy) is 1. The van der Waals surface area contributed by atoms with E-state index in [4.69, 9.17) is 4.74 Å². The number of para-hydroxylation sites is 1. The lowest BCUT2D eigenvalue weighted by molar-refractivity contribution is 0.279. The van der Waals surface area contributed by atoms with Crippen molar-refractivity contribution in [3.63, 3.8) is 0 Å². The molecule has 1 aromatic carbocycles. The Bertz CT molecular complexity index is 693. The van der Waals surface area contributed by atoms with Crippen LogP contribution in [0.15, 0.2) is 24.3 Å². The van der Waals surface area contributed by atoms with E-state index in [9.17, 15) is 0 Å². The molecule has 0 radical (unpaired) electrons. The highest BCUT2D eigenvalue weighted by atomic mass is 16.5. The highest BCUT2D eigenvalue weighted by Crippen LogP contribution is 2.28. The predicted octanol–water partition coefficient (Wildman–Crippen LogP) is 2.20. The molecule has 0 aliphatic carbocycles. The normalized spacial score (nSPS) is 12.5. The first-order chi connectivity index (χ1) is 11.9. The topological polar surface area (TPSA) is 45.6 Å². The summed E-state index contributed by atoms with van der Waals surface area (Å²) in [7, 11) is 12.0. The number of hydrogen-bond donors (Lipinski definition) is 1. The van der Waals surface area contributed by atoms with Crippen molar-refractivity contribution in [3.8, 4) is 5.75 Å². The van der Waals surface area contributed by atoms with E-state index in [0.29, 0.717) is 0 Å². The summed E-state index contributed by atoms with van der Waals surface area (Å²) < 4.78 is 7.48. The summed E-state index contributed by atoms with van der Waals surface area (Å²) in [6.07, 6.45) is 0. The van der Waals surface area contributed by atoms with Crippen molar-refractivity contribution in [3.05, 3.63) is 41.1 Å². The maximum Gasteiger partial charge on any atom is 0.130 e. The molecule has 0 aliphatic rings. The summed E-state index contributed by atoms with van der Waals surface area (Å²) in [4.78, 5) is 4.33. The van der Waals surface area contributed by atoms with Gasteiger partial charge in [0.05, 0.1) is 18.8 Å². The van der Waals surface area contributed by atoms with Gasteiger partial charge in [-0.1, -0.05) is 18.2 Å². The van der Waals surface area contributed by atoms with Crippen LogP contribution in [-0.2, 0) is 13.6 Å². The van der Waals surface area contributed by atoms with Gasteiger partial charge >= 0.3 is 0 Å². The smallest absolute Gasteiger partial charge is 0.130 e. The number of likely N-dealkylation sites (N-methyl/N-ethyl adjacent to an activating group) is 1. The van der Waals surface area contributed by atoms with Crippen LogP contribution >= 0.6 is 0 Å². The minimum atomic E-state index is 0.232. The monoisotopic (exact) mass is 345 g/mol. The van der Waals surface area contributed by atoms with Crippen LogP contribution in [-0.4, -0.2) is 56.5 Å². The van der Waals surface area contributed by atoms with Gasteiger partial charge in [0.2, 0.25) is 0 Å². The molecule has 25 heavy (non-hydrogen) atoms. The molecule has 0 saturated heterocycles. The zero-order valence-electron chi connectivity index (χ0n) is 16.5. The van der Waals surface area contributed by atoms with Gasteiger partial charge in [-0.25, -0.2) is 0 Å². The second-order valence-corrected chi connectivity index (χ2v) is 6.76. The molecule has 0 spiro atoms. The van der Waals surface area contributed by atoms with Crippen LogP contribution in [0.5, 0.6) is 5.75 Å². The maximum atomic E-state index is 5.54. The fourth-order valence-corrected chi connectivity index (χ4v) is 3.30. The van der Waals surface area contributed by atoms with Crippen LogP contribution < -0.4 is 15.0 Å². The first-order valence-corrected chi connectivity index (χ1v) is 8.56. The second kappa shape index (κ2) is 8.36. The Labute approximate surface area is 151 Å². The molecule has 0 fully saturated rings. The van der Waals surface area contributed by atoms with E-state index in [1.807, 2.05) is 23.9 Å². The van der Waals surface area contributed by atoms with E-state index in [0.717, 1.165) is 30.4 Å². The van der Waals surface area contributed by atoms with Gasteiger partial charge < -0.3 is 19.9 Å². The van der Waals surface area contributed by atoms with Gasteiger partial charge in [-0.05, 0) is 27.1 Å². The molecule has 6 nitrogen and oxygen atoms in total. The van der Waals surface area contributed by atoms with Gasteiger partial charge in [0, 0.05) is 45.4 Å². The Morgan fingerprint density at radius 1 is 1.20 bits per heavy atom. The molecular formula is C19H31N5O. The quantitative estimate of drug-likeness (QED) is 0.795. The van der Waals surface area contributed by atoms with Crippen molar-refractivity contribution >= 4 is 5.82 Å². The molecule has 1 aromatic heterocycles. The first-order valence-electron chi connectivity index (χ1n) is 8.56. The van der Waals surface area contributed by atoms with E-state index in [1.165, 1.54) is 11.1 Å². The van der Waals surface area contributed by atoms with E-state index in [2.05, 4.69) is 67.5 Å². The van der Waals surface area contributed by atoms with E-state index in [-0.39, 0.29) is 6.04 Å². The van der Waals surface area contributed by atoms with Crippen molar-refractivity contribution in [1.82, 2.24) is 20.0 Å². The molecule has 1 atom stereocenters. The molecular weight excluding hydrogens is 314 g/mol. The zero-order valence-corrected chi connectivity index (χ0v) is 16.5. The number of benzene rings is 1. The van der Waals surface area contributed by atoms with Crippen LogP contribution in [0.25, 0.3) is 0 Å². The molecule has 6 heteroatoms. The minimum absolute atomic E-state index is 0.232. The van der Waals surface area contributed by atoms with Gasteiger partial charge in [0.15, 0.2) is 0 Å². The zero-order chi connectivity index (χ0) is 18.6. The van der Waals surface area contributed by atoms with Crippen LogP contribution in [0.2, 0.25) is 0 Å². The second-order valence-electron chi connectivity index (χ2n) is 6.76. The molecule has 138 valence electrons. The van der Waals surface area contributed by atoms with Gasteiger partial charge in [-0.2, -0.15) is 5.10 Å². The summed E-state index contributed by atoms with van der Waals surface area (Å²) in [5, 5.41) is 8.16. The van der Waals surface area contributed by atoms with E-state index >= 15 is 0 Å². The summed E-state index contributed by atoms with van der Waals surface area (Å²) in [5.74, 6) is 2.07. The largest absolute Gasteiger partial charge is 0.496 e. The number of methoxy groups -OCH3 is 1. The SMILES string of the molecule is COc1ccccc1C(CNCc1c(C)nn(C)c1N(C)C)N(C)C. The van der Waals surface area contributed by atoms with E-state index < -0.39 is 0 Å². The third kappa shape index (κ3) is 4.32. The van der Waals surface area contributed by atoms with Gasteiger partial charge in [-0.15, -0.1) is 0 Å². The number of aryl methyl sites for hydroxylation is 2. The average Bonchev–Trinajstić information content (AvgIpc) is 2.85. The minimum Gasteiger partial charge on any atom is -0.496 e. The average molecular weight is 345 g/mol. The Balaban J connectivity index is 2.14. The molecule has 0 amide bonds. The highest BCUT2D eigenvalue weighted by molar-refractivity contribution is 5.48. The number of nitrogens with zero attached hydrogens (tertiary/aromatic N) is 4. The fourth-order valence-electron chi connectivity index (χ4n) is 3.30. The van der Waals surface area contributed by atoms with Gasteiger partial charge in [0.1, 0.15) is 11.6 Å². The molecule has 2 rings (SSSR count). The highest BCUT2D eigenvalue weighted by Gasteiger charge is 2.19.